The topological polar surface area (TPSA) is 60.3 Å². The summed E-state index contributed by atoms with van der Waals surface area (Å²) in [5.74, 6) is 4.17. The second-order valence-corrected chi connectivity index (χ2v) is 11.0. The normalized spacial score (nSPS) is 20.2. The zero-order valence-corrected chi connectivity index (χ0v) is 22.6. The molecule has 6 nitrogen and oxygen atoms in total. The first kappa shape index (κ1) is 26.3. The van der Waals surface area contributed by atoms with Crippen LogP contribution in [0.15, 0.2) is 42.5 Å². The van der Waals surface area contributed by atoms with Crippen molar-refractivity contribution in [2.24, 2.45) is 11.8 Å². The van der Waals surface area contributed by atoms with Crippen LogP contribution < -0.4 is 20.1 Å². The van der Waals surface area contributed by atoms with E-state index >= 15 is 0 Å². The molecule has 2 saturated heterocycles. The molecule has 2 N–H and O–H groups in total. The van der Waals surface area contributed by atoms with Crippen molar-refractivity contribution in [3.63, 3.8) is 0 Å². The minimum absolute atomic E-state index is 0.412. The smallest absolute Gasteiger partial charge is 0.148 e. The summed E-state index contributed by atoms with van der Waals surface area (Å²) in [7, 11) is 0. The first-order valence-corrected chi connectivity index (χ1v) is 14.5. The number of hydrogen-bond acceptors (Lipinski definition) is 5. The lowest BCUT2D eigenvalue weighted by atomic mass is 9.95. The molecule has 0 radical (unpaired) electrons. The molecule has 2 aliphatic heterocycles. The van der Waals surface area contributed by atoms with E-state index in [1.807, 2.05) is 24.3 Å². The van der Waals surface area contributed by atoms with Gasteiger partial charge in [0.1, 0.15) is 29.4 Å². The lowest BCUT2D eigenvalue weighted by Gasteiger charge is -2.22. The third-order valence-electron chi connectivity index (χ3n) is 7.81. The largest absolute Gasteiger partial charge is 0.491 e. The highest BCUT2D eigenvalue weighted by Crippen LogP contribution is 2.29. The van der Waals surface area contributed by atoms with Crippen LogP contribution >= 0.6 is 11.6 Å². The number of aromatic nitrogens is 2. The Morgan fingerprint density at radius 3 is 2.32 bits per heavy atom. The molecule has 2 aromatic carbocycles. The molecule has 5 rings (SSSR count). The molecule has 0 amide bonds. The number of piperidine rings is 2. The molecule has 0 spiro atoms. The monoisotopic (exact) mass is 524 g/mol. The fraction of sp³-hybridized carbons (Fsp3) is 0.567. The van der Waals surface area contributed by atoms with Crippen molar-refractivity contribution >= 4 is 22.6 Å². The minimum atomic E-state index is 0.412. The molecule has 7 heteroatoms. The molecule has 2 aliphatic rings. The molecule has 37 heavy (non-hydrogen) atoms. The van der Waals surface area contributed by atoms with Crippen LogP contribution in [-0.2, 0) is 13.2 Å². The van der Waals surface area contributed by atoms with E-state index in [0.717, 1.165) is 85.8 Å². The summed E-state index contributed by atoms with van der Waals surface area (Å²) in [4.78, 5) is 5.04. The Morgan fingerprint density at radius 2 is 1.62 bits per heavy atom. The van der Waals surface area contributed by atoms with Gasteiger partial charge in [-0.15, -0.1) is 0 Å². The maximum atomic E-state index is 6.29. The van der Waals surface area contributed by atoms with E-state index in [9.17, 15) is 0 Å². The molecule has 1 unspecified atom stereocenters. The number of imidazole rings is 1. The zero-order valence-electron chi connectivity index (χ0n) is 21.9. The van der Waals surface area contributed by atoms with E-state index in [1.54, 1.807) is 0 Å². The third-order valence-corrected chi connectivity index (χ3v) is 8.06. The third kappa shape index (κ3) is 7.40. The van der Waals surface area contributed by atoms with Crippen molar-refractivity contribution in [3.05, 3.63) is 53.3 Å². The fourth-order valence-electron chi connectivity index (χ4n) is 5.76. The van der Waals surface area contributed by atoms with Gasteiger partial charge in [0.2, 0.25) is 0 Å². The molecule has 3 heterocycles. The van der Waals surface area contributed by atoms with Gasteiger partial charge < -0.3 is 24.7 Å². The summed E-state index contributed by atoms with van der Waals surface area (Å²) in [6.07, 6.45) is 9.90. The molecule has 3 aromatic rings. The van der Waals surface area contributed by atoms with Crippen LogP contribution in [-0.4, -0.2) is 42.3 Å². The second kappa shape index (κ2) is 13.5. The number of para-hydroxylation sites is 1. The molecule has 2 atom stereocenters. The average molecular weight is 525 g/mol. The van der Waals surface area contributed by atoms with E-state index in [2.05, 4.69) is 33.4 Å². The number of rotatable bonds is 12. The van der Waals surface area contributed by atoms with Crippen molar-refractivity contribution in [1.29, 1.82) is 0 Å². The molecule has 0 aliphatic carbocycles. The van der Waals surface area contributed by atoms with Gasteiger partial charge in [-0.25, -0.2) is 4.98 Å². The van der Waals surface area contributed by atoms with Gasteiger partial charge in [-0.05, 0) is 126 Å². The van der Waals surface area contributed by atoms with Gasteiger partial charge >= 0.3 is 0 Å². The van der Waals surface area contributed by atoms with Gasteiger partial charge in [0, 0.05) is 11.6 Å². The molecule has 200 valence electrons. The minimum Gasteiger partial charge on any atom is -0.491 e. The van der Waals surface area contributed by atoms with Gasteiger partial charge in [-0.3, -0.25) is 0 Å². The van der Waals surface area contributed by atoms with Gasteiger partial charge in [0.05, 0.1) is 12.1 Å². The van der Waals surface area contributed by atoms with Gasteiger partial charge in [-0.1, -0.05) is 17.7 Å². The Hall–Kier alpha value is -2.28. The quantitative estimate of drug-likeness (QED) is 0.276. The Labute approximate surface area is 226 Å². The van der Waals surface area contributed by atoms with E-state index in [4.69, 9.17) is 26.1 Å². The highest BCUT2D eigenvalue weighted by atomic mass is 35.5. The first-order chi connectivity index (χ1) is 18.3. The lowest BCUT2D eigenvalue weighted by Crippen LogP contribution is -2.29. The predicted octanol–water partition coefficient (Wildman–Crippen LogP) is 6.21. The Kier molecular flexibility index (Phi) is 9.60. The summed E-state index contributed by atoms with van der Waals surface area (Å²) in [6, 6.07) is 13.8. The SMILES string of the molecule is Clc1ccc(OCc2nc3c(OCCCC4CCCNC4)cccc3n2CCC[C@H]2CCCNC2)cc1. The lowest BCUT2D eigenvalue weighted by molar-refractivity contribution is 0.277. The predicted molar refractivity (Wildman–Crippen MR) is 151 cm³/mol. The standard InChI is InChI=1S/C30H41ClN4O2/c31-25-12-14-26(15-13-25)37-22-29-34-30-27(35(29)18-4-8-23-6-2-16-32-20-23)10-1-11-28(30)36-19-5-9-24-7-3-17-33-21-24/h1,10-15,23-24,32-33H,2-9,16-22H2/t23-,24?/m1/s1. The van der Waals surface area contributed by atoms with Crippen LogP contribution in [0.3, 0.4) is 0 Å². The van der Waals surface area contributed by atoms with Crippen LogP contribution in [0, 0.1) is 11.8 Å². The number of ether oxygens (including phenoxy) is 2. The molecule has 2 fully saturated rings. The highest BCUT2D eigenvalue weighted by molar-refractivity contribution is 6.30. The number of benzene rings is 2. The molecular weight excluding hydrogens is 484 g/mol. The fourth-order valence-corrected chi connectivity index (χ4v) is 5.88. The molecule has 0 saturated carbocycles. The second-order valence-electron chi connectivity index (χ2n) is 10.6. The van der Waals surface area contributed by atoms with Gasteiger partial charge in [-0.2, -0.15) is 0 Å². The van der Waals surface area contributed by atoms with Crippen molar-refractivity contribution in [1.82, 2.24) is 20.2 Å². The van der Waals surface area contributed by atoms with E-state index < -0.39 is 0 Å². The maximum Gasteiger partial charge on any atom is 0.148 e. The number of fused-ring (bicyclic) bond motifs is 1. The van der Waals surface area contributed by atoms with E-state index in [-0.39, 0.29) is 0 Å². The van der Waals surface area contributed by atoms with Crippen LogP contribution in [0.4, 0.5) is 0 Å². The Balaban J connectivity index is 1.27. The number of aryl methyl sites for hydroxylation is 1. The van der Waals surface area contributed by atoms with Crippen molar-refractivity contribution in [3.8, 4) is 11.5 Å². The van der Waals surface area contributed by atoms with Crippen LogP contribution in [0.1, 0.15) is 57.2 Å². The number of nitrogens with one attached hydrogen (secondary N) is 2. The molecular formula is C30H41ClN4O2. The summed E-state index contributed by atoms with van der Waals surface area (Å²) < 4.78 is 14.8. The van der Waals surface area contributed by atoms with E-state index in [0.29, 0.717) is 11.6 Å². The number of halogens is 1. The summed E-state index contributed by atoms with van der Waals surface area (Å²) in [5.41, 5.74) is 2.07. The number of nitrogens with zero attached hydrogens (tertiary/aromatic N) is 2. The zero-order chi connectivity index (χ0) is 25.3. The van der Waals surface area contributed by atoms with Crippen LogP contribution in [0.25, 0.3) is 11.0 Å². The summed E-state index contributed by atoms with van der Waals surface area (Å²) >= 11 is 6.05. The highest BCUT2D eigenvalue weighted by Gasteiger charge is 2.18. The summed E-state index contributed by atoms with van der Waals surface area (Å²) in [5, 5.41) is 7.77. The molecule has 1 aromatic heterocycles. The molecule has 0 bridgehead atoms. The average Bonchev–Trinajstić information content (AvgIpc) is 3.30. The van der Waals surface area contributed by atoms with E-state index in [1.165, 1.54) is 45.1 Å². The number of hydrogen-bond donors (Lipinski definition) is 2. The van der Waals surface area contributed by atoms with Gasteiger partial charge in [0.15, 0.2) is 0 Å². The first-order valence-electron chi connectivity index (χ1n) is 14.2. The van der Waals surface area contributed by atoms with Gasteiger partial charge in [0.25, 0.3) is 0 Å². The van der Waals surface area contributed by atoms with Crippen molar-refractivity contribution < 1.29 is 9.47 Å². The Bertz CT molecular complexity index is 1100. The maximum absolute atomic E-state index is 6.29. The van der Waals surface area contributed by atoms with Crippen molar-refractivity contribution in [2.75, 3.05) is 32.8 Å². The van der Waals surface area contributed by atoms with Crippen molar-refractivity contribution in [2.45, 2.75) is 64.5 Å². The summed E-state index contributed by atoms with van der Waals surface area (Å²) in [6.45, 7) is 6.70. The van der Waals surface area contributed by atoms with Crippen LogP contribution in [0.5, 0.6) is 11.5 Å². The van der Waals surface area contributed by atoms with Crippen LogP contribution in [0.2, 0.25) is 5.02 Å². The Morgan fingerprint density at radius 1 is 0.892 bits per heavy atom.